The fourth-order valence-electron chi connectivity index (χ4n) is 4.03. The fourth-order valence-corrected chi connectivity index (χ4v) is 4.03. The van der Waals surface area contributed by atoms with Crippen LogP contribution in [0.3, 0.4) is 0 Å². The molecule has 0 spiro atoms. The van der Waals surface area contributed by atoms with Crippen LogP contribution in [0.5, 0.6) is 0 Å². The van der Waals surface area contributed by atoms with Crippen LogP contribution in [0.25, 0.3) is 11.0 Å². The van der Waals surface area contributed by atoms with Crippen molar-refractivity contribution >= 4 is 16.9 Å². The van der Waals surface area contributed by atoms with Gasteiger partial charge in [0.1, 0.15) is 0 Å². The minimum Gasteiger partial charge on any atom is -0.378 e. The first kappa shape index (κ1) is 20.5. The summed E-state index contributed by atoms with van der Waals surface area (Å²) in [5.41, 5.74) is 4.57. The van der Waals surface area contributed by atoms with Gasteiger partial charge < -0.3 is 10.1 Å². The number of fused-ring (bicyclic) bond motifs is 1. The number of hydrogen-bond acceptors (Lipinski definition) is 4. The van der Waals surface area contributed by atoms with Gasteiger partial charge in [0.2, 0.25) is 0 Å². The van der Waals surface area contributed by atoms with Crippen LogP contribution < -0.4 is 5.32 Å². The first-order chi connectivity index (χ1) is 14.4. The topological polar surface area (TPSA) is 69.0 Å². The van der Waals surface area contributed by atoms with Gasteiger partial charge >= 0.3 is 0 Å². The second-order valence-corrected chi connectivity index (χ2v) is 8.68. The van der Waals surface area contributed by atoms with Crippen LogP contribution >= 0.6 is 0 Å². The Morgan fingerprint density at radius 2 is 2.03 bits per heavy atom. The number of carbonyl (C=O) groups excluding carboxylic acids is 1. The number of aryl methyl sites for hydroxylation is 2. The molecule has 2 unspecified atom stereocenters. The maximum Gasteiger partial charge on any atom is 0.252 e. The number of benzene rings is 1. The predicted molar refractivity (Wildman–Crippen MR) is 118 cm³/mol. The predicted octanol–water partition coefficient (Wildman–Crippen LogP) is 4.03. The Kier molecular flexibility index (Phi) is 5.86. The lowest BCUT2D eigenvalue weighted by molar-refractivity contribution is -0.0233. The van der Waals surface area contributed by atoms with Gasteiger partial charge in [-0.1, -0.05) is 43.7 Å². The van der Waals surface area contributed by atoms with Crippen LogP contribution in [0.4, 0.5) is 0 Å². The van der Waals surface area contributed by atoms with Gasteiger partial charge in [-0.25, -0.2) is 9.67 Å². The van der Waals surface area contributed by atoms with Gasteiger partial charge in [0.15, 0.2) is 5.65 Å². The Labute approximate surface area is 177 Å². The molecule has 3 heterocycles. The van der Waals surface area contributed by atoms with Gasteiger partial charge in [-0.2, -0.15) is 5.10 Å². The van der Waals surface area contributed by atoms with E-state index in [4.69, 9.17) is 4.74 Å². The summed E-state index contributed by atoms with van der Waals surface area (Å²) in [6.45, 7) is 9.62. The fraction of sp³-hybridized carbons (Fsp3) is 0.458. The van der Waals surface area contributed by atoms with Crippen molar-refractivity contribution in [2.75, 3.05) is 6.61 Å². The van der Waals surface area contributed by atoms with Crippen LogP contribution in [0.2, 0.25) is 0 Å². The maximum absolute atomic E-state index is 13.1. The molecule has 1 aliphatic heterocycles. The summed E-state index contributed by atoms with van der Waals surface area (Å²) in [5.74, 6) is 0.384. The van der Waals surface area contributed by atoms with Crippen LogP contribution in [-0.2, 0) is 11.3 Å². The molecule has 1 fully saturated rings. The third-order valence-corrected chi connectivity index (χ3v) is 5.83. The van der Waals surface area contributed by atoms with E-state index in [1.54, 1.807) is 6.20 Å². The lowest BCUT2D eigenvalue weighted by atomic mass is 9.95. The minimum atomic E-state index is -0.0604. The largest absolute Gasteiger partial charge is 0.378 e. The number of ether oxygens (including phenoxy) is 1. The molecule has 1 aromatic carbocycles. The highest BCUT2D eigenvalue weighted by Gasteiger charge is 2.27. The van der Waals surface area contributed by atoms with Crippen molar-refractivity contribution in [2.45, 2.75) is 59.2 Å². The van der Waals surface area contributed by atoms with Crippen molar-refractivity contribution in [1.82, 2.24) is 20.1 Å². The molecule has 0 saturated carbocycles. The van der Waals surface area contributed by atoms with Crippen molar-refractivity contribution in [3.8, 4) is 0 Å². The molecule has 1 aliphatic rings. The van der Waals surface area contributed by atoms with E-state index in [2.05, 4.69) is 60.4 Å². The third-order valence-electron chi connectivity index (χ3n) is 5.83. The first-order valence-electron chi connectivity index (χ1n) is 10.7. The van der Waals surface area contributed by atoms with E-state index in [1.807, 2.05) is 17.7 Å². The van der Waals surface area contributed by atoms with Gasteiger partial charge in [-0.15, -0.1) is 0 Å². The third kappa shape index (κ3) is 4.38. The van der Waals surface area contributed by atoms with Crippen LogP contribution in [0.1, 0.15) is 53.9 Å². The molecule has 4 rings (SSSR count). The zero-order valence-electron chi connectivity index (χ0n) is 18.2. The second kappa shape index (κ2) is 8.56. The molecule has 1 N–H and O–H groups in total. The number of aromatic nitrogens is 3. The smallest absolute Gasteiger partial charge is 0.252 e. The van der Waals surface area contributed by atoms with Crippen molar-refractivity contribution in [3.63, 3.8) is 0 Å². The highest BCUT2D eigenvalue weighted by atomic mass is 16.5. The zero-order chi connectivity index (χ0) is 21.3. The second-order valence-electron chi connectivity index (χ2n) is 8.68. The molecule has 0 bridgehead atoms. The Morgan fingerprint density at radius 1 is 1.27 bits per heavy atom. The Balaban J connectivity index is 1.57. The molecule has 0 radical (unpaired) electrons. The molecule has 30 heavy (non-hydrogen) atoms. The molecular weight excluding hydrogens is 376 g/mol. The average Bonchev–Trinajstić information content (AvgIpc) is 3.11. The molecule has 3 aromatic rings. The number of nitrogens with one attached hydrogen (secondary N) is 1. The monoisotopic (exact) mass is 406 g/mol. The summed E-state index contributed by atoms with van der Waals surface area (Å²) >= 11 is 0. The van der Waals surface area contributed by atoms with E-state index in [0.717, 1.165) is 35.1 Å². The molecule has 158 valence electrons. The van der Waals surface area contributed by atoms with Crippen LogP contribution in [0.15, 0.2) is 36.5 Å². The highest BCUT2D eigenvalue weighted by molar-refractivity contribution is 6.05. The van der Waals surface area contributed by atoms with Crippen LogP contribution in [-0.4, -0.2) is 39.4 Å². The molecular formula is C24H30N4O2. The quantitative estimate of drug-likeness (QED) is 0.695. The SMILES string of the molecule is Cc1ccc(Cn2ncc3c(C(=O)NC4CCOC(C(C)C)C4)cc(C)nc32)cc1. The van der Waals surface area contributed by atoms with E-state index in [1.165, 1.54) is 5.56 Å². The zero-order valence-corrected chi connectivity index (χ0v) is 18.2. The summed E-state index contributed by atoms with van der Waals surface area (Å²) in [6.07, 6.45) is 3.64. The first-order valence-corrected chi connectivity index (χ1v) is 10.7. The van der Waals surface area contributed by atoms with Gasteiger partial charge in [0, 0.05) is 18.3 Å². The highest BCUT2D eigenvalue weighted by Crippen LogP contribution is 2.23. The lowest BCUT2D eigenvalue weighted by Crippen LogP contribution is -2.43. The molecule has 2 aromatic heterocycles. The molecule has 1 amide bonds. The summed E-state index contributed by atoms with van der Waals surface area (Å²) in [4.78, 5) is 17.8. The molecule has 6 heteroatoms. The van der Waals surface area contributed by atoms with E-state index in [9.17, 15) is 4.79 Å². The van der Waals surface area contributed by atoms with E-state index in [0.29, 0.717) is 24.6 Å². The summed E-state index contributed by atoms with van der Waals surface area (Å²) < 4.78 is 7.71. The van der Waals surface area contributed by atoms with Crippen molar-refractivity contribution in [2.24, 2.45) is 5.92 Å². The molecule has 2 atom stereocenters. The number of rotatable bonds is 5. The Hall–Kier alpha value is -2.73. The average molecular weight is 407 g/mol. The maximum atomic E-state index is 13.1. The number of hydrogen-bond donors (Lipinski definition) is 1. The molecule has 0 aliphatic carbocycles. The van der Waals surface area contributed by atoms with E-state index < -0.39 is 0 Å². The molecule has 1 saturated heterocycles. The number of carbonyl (C=O) groups is 1. The van der Waals surface area contributed by atoms with Gasteiger partial charge in [-0.3, -0.25) is 4.79 Å². The standard InChI is InChI=1S/C24H30N4O2/c1-15(2)22-12-19(9-10-30-22)27-24(29)20-11-17(4)26-23-21(20)13-25-28(23)14-18-7-5-16(3)6-8-18/h5-8,11,13,15,19,22H,9-10,12,14H2,1-4H3,(H,27,29). The number of pyridine rings is 1. The Bertz CT molecular complexity index is 1040. The van der Waals surface area contributed by atoms with Crippen LogP contribution in [0, 0.1) is 19.8 Å². The van der Waals surface area contributed by atoms with Crippen molar-refractivity contribution in [3.05, 3.63) is 58.9 Å². The Morgan fingerprint density at radius 3 is 2.77 bits per heavy atom. The number of amides is 1. The summed E-state index contributed by atoms with van der Waals surface area (Å²) in [6, 6.07) is 10.4. The summed E-state index contributed by atoms with van der Waals surface area (Å²) in [7, 11) is 0. The summed E-state index contributed by atoms with van der Waals surface area (Å²) in [5, 5.41) is 8.54. The van der Waals surface area contributed by atoms with Gasteiger partial charge in [-0.05, 0) is 44.2 Å². The van der Waals surface area contributed by atoms with Crippen molar-refractivity contribution in [1.29, 1.82) is 0 Å². The van der Waals surface area contributed by atoms with E-state index in [-0.39, 0.29) is 18.1 Å². The van der Waals surface area contributed by atoms with Gasteiger partial charge in [0.25, 0.3) is 5.91 Å². The normalized spacial score (nSPS) is 19.4. The lowest BCUT2D eigenvalue weighted by Gasteiger charge is -2.32. The molecule has 6 nitrogen and oxygen atoms in total. The number of nitrogens with zero attached hydrogens (tertiary/aromatic N) is 3. The van der Waals surface area contributed by atoms with E-state index >= 15 is 0 Å². The minimum absolute atomic E-state index is 0.0604. The van der Waals surface area contributed by atoms with Gasteiger partial charge in [0.05, 0.1) is 29.8 Å². The van der Waals surface area contributed by atoms with Crippen molar-refractivity contribution < 1.29 is 9.53 Å².